The van der Waals surface area contributed by atoms with E-state index in [1.54, 1.807) is 6.92 Å². The van der Waals surface area contributed by atoms with E-state index in [-0.39, 0.29) is 5.78 Å². The minimum Gasteiger partial charge on any atom is -0.303 e. The average molecular weight is 170 g/mol. The summed E-state index contributed by atoms with van der Waals surface area (Å²) in [5.74, 6) is 0.257. The van der Waals surface area contributed by atoms with Crippen molar-refractivity contribution in [3.63, 3.8) is 0 Å². The standard InChI is InChI=1S/C10H18O2/c1-4-8(2)5-6-10(12)9(3)7-11/h7-9H,4-6H2,1-3H3/t8-,9-/m1/s1. The molecule has 0 radical (unpaired) electrons. The van der Waals surface area contributed by atoms with Gasteiger partial charge in [-0.1, -0.05) is 20.3 Å². The Bertz CT molecular complexity index is 152. The van der Waals surface area contributed by atoms with Gasteiger partial charge in [0.25, 0.3) is 0 Å². The molecule has 0 fully saturated rings. The van der Waals surface area contributed by atoms with Crippen molar-refractivity contribution in [3.8, 4) is 0 Å². The predicted octanol–water partition coefficient (Wildman–Crippen LogP) is 2.22. The Balaban J connectivity index is 3.63. The normalized spacial score (nSPS) is 15.2. The van der Waals surface area contributed by atoms with Crippen LogP contribution < -0.4 is 0 Å². The Labute approximate surface area is 74.3 Å². The molecular weight excluding hydrogens is 152 g/mol. The topological polar surface area (TPSA) is 34.1 Å². The fourth-order valence-corrected chi connectivity index (χ4v) is 0.896. The highest BCUT2D eigenvalue weighted by atomic mass is 16.1. The van der Waals surface area contributed by atoms with Crippen molar-refractivity contribution in [2.75, 3.05) is 0 Å². The van der Waals surface area contributed by atoms with Crippen LogP contribution >= 0.6 is 0 Å². The third-order valence-corrected chi connectivity index (χ3v) is 2.29. The first-order chi connectivity index (χ1) is 5.61. The summed E-state index contributed by atoms with van der Waals surface area (Å²) in [4.78, 5) is 21.4. The van der Waals surface area contributed by atoms with Gasteiger partial charge in [0.15, 0.2) is 0 Å². The number of ketones is 1. The molecule has 0 heterocycles. The summed E-state index contributed by atoms with van der Waals surface area (Å²) in [7, 11) is 0. The van der Waals surface area contributed by atoms with E-state index in [0.717, 1.165) is 19.1 Å². The zero-order valence-corrected chi connectivity index (χ0v) is 8.17. The van der Waals surface area contributed by atoms with Crippen LogP contribution in [0.2, 0.25) is 0 Å². The van der Waals surface area contributed by atoms with Crippen molar-refractivity contribution in [2.24, 2.45) is 11.8 Å². The SMILES string of the molecule is CC[C@@H](C)CCC(=O)[C@H](C)C=O. The third kappa shape index (κ3) is 4.27. The van der Waals surface area contributed by atoms with Crippen molar-refractivity contribution in [1.29, 1.82) is 0 Å². The van der Waals surface area contributed by atoms with Crippen molar-refractivity contribution in [1.82, 2.24) is 0 Å². The molecule has 0 bridgehead atoms. The summed E-state index contributed by atoms with van der Waals surface area (Å²) in [6, 6.07) is 0. The number of Topliss-reactive ketones (excluding diaryl/α,β-unsaturated/α-hetero) is 1. The van der Waals surface area contributed by atoms with E-state index in [1.807, 2.05) is 0 Å². The number of rotatable bonds is 6. The zero-order chi connectivity index (χ0) is 9.56. The molecule has 0 unspecified atom stereocenters. The van der Waals surface area contributed by atoms with Crippen LogP contribution in [0.4, 0.5) is 0 Å². The summed E-state index contributed by atoms with van der Waals surface area (Å²) < 4.78 is 0. The van der Waals surface area contributed by atoms with Gasteiger partial charge in [-0.05, 0) is 19.3 Å². The van der Waals surface area contributed by atoms with E-state index < -0.39 is 5.92 Å². The van der Waals surface area contributed by atoms with E-state index in [4.69, 9.17) is 0 Å². The van der Waals surface area contributed by atoms with Gasteiger partial charge in [-0.3, -0.25) is 4.79 Å². The van der Waals surface area contributed by atoms with E-state index >= 15 is 0 Å². The maximum Gasteiger partial charge on any atom is 0.142 e. The maximum atomic E-state index is 11.2. The summed E-state index contributed by atoms with van der Waals surface area (Å²) in [6.45, 7) is 5.89. The number of hydrogen-bond donors (Lipinski definition) is 0. The molecule has 70 valence electrons. The predicted molar refractivity (Wildman–Crippen MR) is 48.9 cm³/mol. The Morgan fingerprint density at radius 1 is 1.42 bits per heavy atom. The van der Waals surface area contributed by atoms with E-state index in [1.165, 1.54) is 0 Å². The second-order valence-electron chi connectivity index (χ2n) is 3.44. The lowest BCUT2D eigenvalue weighted by Gasteiger charge is -2.07. The maximum absolute atomic E-state index is 11.2. The molecule has 0 saturated heterocycles. The molecule has 0 amide bonds. The molecule has 0 aromatic carbocycles. The lowest BCUT2D eigenvalue weighted by molar-refractivity contribution is -0.126. The summed E-state index contributed by atoms with van der Waals surface area (Å²) in [5, 5.41) is 0. The molecule has 0 saturated carbocycles. The molecule has 0 rings (SSSR count). The summed E-state index contributed by atoms with van der Waals surface area (Å²) in [5.41, 5.74) is 0. The van der Waals surface area contributed by atoms with Crippen LogP contribution in [-0.4, -0.2) is 12.1 Å². The van der Waals surface area contributed by atoms with Gasteiger partial charge < -0.3 is 4.79 Å². The van der Waals surface area contributed by atoms with Gasteiger partial charge in [-0.2, -0.15) is 0 Å². The lowest BCUT2D eigenvalue weighted by Crippen LogP contribution is -2.12. The molecule has 0 spiro atoms. The van der Waals surface area contributed by atoms with Gasteiger partial charge in [-0.25, -0.2) is 0 Å². The second-order valence-corrected chi connectivity index (χ2v) is 3.44. The summed E-state index contributed by atoms with van der Waals surface area (Å²) >= 11 is 0. The van der Waals surface area contributed by atoms with Gasteiger partial charge in [0.2, 0.25) is 0 Å². The molecule has 0 aromatic rings. The molecular formula is C10H18O2. The highest BCUT2D eigenvalue weighted by Crippen LogP contribution is 2.11. The Morgan fingerprint density at radius 2 is 2.00 bits per heavy atom. The first-order valence-corrected chi connectivity index (χ1v) is 4.59. The zero-order valence-electron chi connectivity index (χ0n) is 8.17. The van der Waals surface area contributed by atoms with Gasteiger partial charge >= 0.3 is 0 Å². The molecule has 2 atom stereocenters. The highest BCUT2D eigenvalue weighted by molar-refractivity contribution is 5.92. The van der Waals surface area contributed by atoms with Crippen LogP contribution in [-0.2, 0) is 9.59 Å². The number of carbonyl (C=O) groups excluding carboxylic acids is 2. The Morgan fingerprint density at radius 3 is 2.42 bits per heavy atom. The lowest BCUT2D eigenvalue weighted by atomic mass is 9.97. The van der Waals surface area contributed by atoms with Crippen LogP contribution in [0.25, 0.3) is 0 Å². The van der Waals surface area contributed by atoms with E-state index in [2.05, 4.69) is 13.8 Å². The summed E-state index contributed by atoms with van der Waals surface area (Å²) in [6.07, 6.45) is 3.28. The van der Waals surface area contributed by atoms with Gasteiger partial charge in [0.05, 0.1) is 5.92 Å². The molecule has 12 heavy (non-hydrogen) atoms. The number of carbonyl (C=O) groups is 2. The van der Waals surface area contributed by atoms with E-state index in [9.17, 15) is 9.59 Å². The third-order valence-electron chi connectivity index (χ3n) is 2.29. The Hall–Kier alpha value is -0.660. The van der Waals surface area contributed by atoms with Crippen LogP contribution in [0, 0.1) is 11.8 Å². The van der Waals surface area contributed by atoms with Gasteiger partial charge in [0.1, 0.15) is 12.1 Å². The largest absolute Gasteiger partial charge is 0.303 e. The highest BCUT2D eigenvalue weighted by Gasteiger charge is 2.11. The van der Waals surface area contributed by atoms with Crippen LogP contribution in [0.15, 0.2) is 0 Å². The molecule has 2 heteroatoms. The van der Waals surface area contributed by atoms with Crippen LogP contribution in [0.3, 0.4) is 0 Å². The first kappa shape index (κ1) is 11.3. The molecule has 2 nitrogen and oxygen atoms in total. The molecule has 0 aromatic heterocycles. The van der Waals surface area contributed by atoms with Crippen LogP contribution in [0.1, 0.15) is 40.0 Å². The molecule has 0 aliphatic rings. The van der Waals surface area contributed by atoms with Crippen LogP contribution in [0.5, 0.6) is 0 Å². The molecule has 0 N–H and O–H groups in total. The van der Waals surface area contributed by atoms with Crippen molar-refractivity contribution in [2.45, 2.75) is 40.0 Å². The minimum atomic E-state index is -0.408. The first-order valence-electron chi connectivity index (χ1n) is 4.59. The molecule has 0 aliphatic carbocycles. The number of aldehydes is 1. The monoisotopic (exact) mass is 170 g/mol. The average Bonchev–Trinajstić information content (AvgIpc) is 2.11. The number of hydrogen-bond acceptors (Lipinski definition) is 2. The van der Waals surface area contributed by atoms with E-state index in [0.29, 0.717) is 12.3 Å². The fourth-order valence-electron chi connectivity index (χ4n) is 0.896. The van der Waals surface area contributed by atoms with Gasteiger partial charge in [0, 0.05) is 6.42 Å². The van der Waals surface area contributed by atoms with Gasteiger partial charge in [-0.15, -0.1) is 0 Å². The second kappa shape index (κ2) is 5.92. The van der Waals surface area contributed by atoms with Crippen molar-refractivity contribution < 1.29 is 9.59 Å². The van der Waals surface area contributed by atoms with Crippen molar-refractivity contribution >= 4 is 12.1 Å². The Kier molecular flexibility index (Phi) is 5.60. The molecule has 0 aliphatic heterocycles. The minimum absolute atomic E-state index is 0.0744. The van der Waals surface area contributed by atoms with Crippen molar-refractivity contribution in [3.05, 3.63) is 0 Å². The quantitative estimate of drug-likeness (QED) is 0.452. The fraction of sp³-hybridized carbons (Fsp3) is 0.800. The smallest absolute Gasteiger partial charge is 0.142 e.